The average Bonchev–Trinajstić information content (AvgIpc) is 2.99. The average molecular weight is 341 g/mol. The summed E-state index contributed by atoms with van der Waals surface area (Å²) in [6.07, 6.45) is -4.04. The van der Waals surface area contributed by atoms with Crippen LogP contribution in [0.2, 0.25) is 0 Å². The van der Waals surface area contributed by atoms with Crippen LogP contribution >= 0.6 is 0 Å². The SMILES string of the molecule is CCC(NC)C(=O)COc1cc(C(F)(F)F)nn1-c1ccccc1. The summed E-state index contributed by atoms with van der Waals surface area (Å²) in [6.45, 7) is 1.49. The molecule has 0 aliphatic heterocycles. The molecule has 0 spiro atoms. The number of alkyl halides is 3. The Labute approximate surface area is 137 Å². The molecule has 1 atom stereocenters. The van der Waals surface area contributed by atoms with E-state index < -0.39 is 17.9 Å². The predicted molar refractivity (Wildman–Crippen MR) is 82.2 cm³/mol. The maximum Gasteiger partial charge on any atom is 0.435 e. The molecular formula is C16H18F3N3O2. The van der Waals surface area contributed by atoms with Crippen molar-refractivity contribution in [2.75, 3.05) is 13.7 Å². The molecule has 0 aliphatic carbocycles. The van der Waals surface area contributed by atoms with Gasteiger partial charge in [-0.05, 0) is 25.6 Å². The van der Waals surface area contributed by atoms with E-state index in [1.807, 2.05) is 6.92 Å². The zero-order valence-electron chi connectivity index (χ0n) is 13.3. The number of Topliss-reactive ketones (excluding diaryl/α,β-unsaturated/α-hetero) is 1. The van der Waals surface area contributed by atoms with Gasteiger partial charge < -0.3 is 10.1 Å². The van der Waals surface area contributed by atoms with Crippen molar-refractivity contribution in [3.8, 4) is 11.6 Å². The quantitative estimate of drug-likeness (QED) is 0.841. The summed E-state index contributed by atoms with van der Waals surface area (Å²) in [4.78, 5) is 12.0. The summed E-state index contributed by atoms with van der Waals surface area (Å²) in [5, 5.41) is 6.39. The molecule has 2 aromatic rings. The number of rotatable bonds is 7. The molecule has 0 radical (unpaired) electrons. The van der Waals surface area contributed by atoms with Crippen LogP contribution in [0.25, 0.3) is 5.69 Å². The molecule has 0 saturated heterocycles. The van der Waals surface area contributed by atoms with Gasteiger partial charge in [0.2, 0.25) is 5.88 Å². The van der Waals surface area contributed by atoms with E-state index in [-0.39, 0.29) is 18.3 Å². The van der Waals surface area contributed by atoms with Gasteiger partial charge in [0.1, 0.15) is 6.61 Å². The number of ketones is 1. The van der Waals surface area contributed by atoms with Crippen LogP contribution in [0.4, 0.5) is 13.2 Å². The van der Waals surface area contributed by atoms with Crippen LogP contribution in [0.5, 0.6) is 5.88 Å². The van der Waals surface area contributed by atoms with Crippen molar-refractivity contribution >= 4 is 5.78 Å². The molecule has 130 valence electrons. The van der Waals surface area contributed by atoms with Crippen molar-refractivity contribution < 1.29 is 22.7 Å². The Balaban J connectivity index is 2.28. The lowest BCUT2D eigenvalue weighted by Gasteiger charge is -2.13. The largest absolute Gasteiger partial charge is 0.469 e. The molecule has 1 aromatic carbocycles. The Bertz CT molecular complexity index is 680. The van der Waals surface area contributed by atoms with Crippen LogP contribution in [0.3, 0.4) is 0 Å². The standard InChI is InChI=1S/C16H18F3N3O2/c1-3-12(20-2)13(23)10-24-15-9-14(16(17,18)19)21-22(15)11-7-5-4-6-8-11/h4-9,12,20H,3,10H2,1-2H3. The number of nitrogens with one attached hydrogen (secondary N) is 1. The van der Waals surface area contributed by atoms with Gasteiger partial charge in [-0.15, -0.1) is 0 Å². The van der Waals surface area contributed by atoms with Gasteiger partial charge in [0.05, 0.1) is 11.7 Å². The predicted octanol–water partition coefficient (Wildman–Crippen LogP) is 2.84. The lowest BCUT2D eigenvalue weighted by molar-refractivity contribution is -0.141. The molecule has 1 unspecified atom stereocenters. The Morgan fingerprint density at radius 2 is 2.00 bits per heavy atom. The Morgan fingerprint density at radius 1 is 1.33 bits per heavy atom. The van der Waals surface area contributed by atoms with Gasteiger partial charge in [0.25, 0.3) is 0 Å². The molecule has 0 fully saturated rings. The highest BCUT2D eigenvalue weighted by atomic mass is 19.4. The number of hydrogen-bond acceptors (Lipinski definition) is 4. The Kier molecular flexibility index (Phi) is 5.61. The number of ether oxygens (including phenoxy) is 1. The van der Waals surface area contributed by atoms with Crippen molar-refractivity contribution in [1.29, 1.82) is 0 Å². The second-order valence-electron chi connectivity index (χ2n) is 5.12. The van der Waals surface area contributed by atoms with Crippen molar-refractivity contribution in [2.45, 2.75) is 25.6 Å². The molecule has 0 saturated carbocycles. The first-order valence-corrected chi connectivity index (χ1v) is 7.42. The number of nitrogens with zero attached hydrogens (tertiary/aromatic N) is 2. The summed E-state index contributed by atoms with van der Waals surface area (Å²) in [5.41, 5.74) is -0.662. The molecule has 2 rings (SSSR count). The second-order valence-corrected chi connectivity index (χ2v) is 5.12. The van der Waals surface area contributed by atoms with Crippen molar-refractivity contribution in [1.82, 2.24) is 15.1 Å². The fraction of sp³-hybridized carbons (Fsp3) is 0.375. The highest BCUT2D eigenvalue weighted by Gasteiger charge is 2.35. The molecule has 8 heteroatoms. The first kappa shape index (κ1) is 18.0. The maximum atomic E-state index is 12.9. The summed E-state index contributed by atoms with van der Waals surface area (Å²) < 4.78 is 45.1. The van der Waals surface area contributed by atoms with E-state index in [9.17, 15) is 18.0 Å². The molecule has 1 N–H and O–H groups in total. The molecule has 5 nitrogen and oxygen atoms in total. The van der Waals surface area contributed by atoms with Crippen LogP contribution in [0, 0.1) is 0 Å². The lowest BCUT2D eigenvalue weighted by Crippen LogP contribution is -2.36. The topological polar surface area (TPSA) is 56.1 Å². The summed E-state index contributed by atoms with van der Waals surface area (Å²) >= 11 is 0. The normalized spacial score (nSPS) is 12.9. The van der Waals surface area contributed by atoms with Crippen molar-refractivity contribution in [2.24, 2.45) is 0 Å². The van der Waals surface area contributed by atoms with E-state index in [1.54, 1.807) is 37.4 Å². The smallest absolute Gasteiger partial charge is 0.435 e. The highest BCUT2D eigenvalue weighted by molar-refractivity contribution is 5.85. The molecule has 0 aliphatic rings. The van der Waals surface area contributed by atoms with Gasteiger partial charge in [-0.1, -0.05) is 25.1 Å². The maximum absolute atomic E-state index is 12.9. The van der Waals surface area contributed by atoms with E-state index in [2.05, 4.69) is 10.4 Å². The number of aromatic nitrogens is 2. The number of para-hydroxylation sites is 1. The molecule has 0 amide bonds. The second kappa shape index (κ2) is 7.48. The van der Waals surface area contributed by atoms with E-state index >= 15 is 0 Å². The number of carbonyl (C=O) groups is 1. The minimum atomic E-state index is -4.60. The Hall–Kier alpha value is -2.35. The highest BCUT2D eigenvalue weighted by Crippen LogP contribution is 2.32. The number of benzene rings is 1. The van der Waals surface area contributed by atoms with E-state index in [0.29, 0.717) is 12.1 Å². The number of halogens is 3. The number of hydrogen-bond donors (Lipinski definition) is 1. The van der Waals surface area contributed by atoms with E-state index in [4.69, 9.17) is 4.74 Å². The summed E-state index contributed by atoms with van der Waals surface area (Å²) in [6, 6.07) is 8.68. The third-order valence-electron chi connectivity index (χ3n) is 3.48. The monoisotopic (exact) mass is 341 g/mol. The number of carbonyl (C=O) groups excluding carboxylic acids is 1. The van der Waals surface area contributed by atoms with E-state index in [0.717, 1.165) is 10.7 Å². The fourth-order valence-corrected chi connectivity index (χ4v) is 2.20. The minimum Gasteiger partial charge on any atom is -0.469 e. The van der Waals surface area contributed by atoms with Crippen LogP contribution in [-0.2, 0) is 11.0 Å². The molecule has 1 heterocycles. The van der Waals surface area contributed by atoms with Crippen LogP contribution in [0.1, 0.15) is 19.0 Å². The van der Waals surface area contributed by atoms with Gasteiger partial charge in [-0.3, -0.25) is 4.79 Å². The van der Waals surface area contributed by atoms with Gasteiger partial charge in [-0.25, -0.2) is 4.68 Å². The first-order valence-electron chi connectivity index (χ1n) is 7.42. The van der Waals surface area contributed by atoms with Crippen LogP contribution < -0.4 is 10.1 Å². The van der Waals surface area contributed by atoms with Crippen molar-refractivity contribution in [3.63, 3.8) is 0 Å². The third kappa shape index (κ3) is 4.14. The van der Waals surface area contributed by atoms with E-state index in [1.165, 1.54) is 0 Å². The molecule has 0 bridgehead atoms. The third-order valence-corrected chi connectivity index (χ3v) is 3.48. The van der Waals surface area contributed by atoms with Gasteiger partial charge in [0, 0.05) is 6.07 Å². The molecule has 24 heavy (non-hydrogen) atoms. The lowest BCUT2D eigenvalue weighted by atomic mass is 10.1. The van der Waals surface area contributed by atoms with Crippen LogP contribution in [0.15, 0.2) is 36.4 Å². The number of likely N-dealkylation sites (N-methyl/N-ethyl adjacent to an activating group) is 1. The summed E-state index contributed by atoms with van der Waals surface area (Å²) in [7, 11) is 1.64. The minimum absolute atomic E-state index is 0.132. The first-order chi connectivity index (χ1) is 11.4. The molecule has 1 aromatic heterocycles. The molecular weight excluding hydrogens is 323 g/mol. The van der Waals surface area contributed by atoms with Gasteiger partial charge in [0.15, 0.2) is 11.5 Å². The van der Waals surface area contributed by atoms with Crippen LogP contribution in [-0.4, -0.2) is 35.3 Å². The van der Waals surface area contributed by atoms with Gasteiger partial charge >= 0.3 is 6.18 Å². The van der Waals surface area contributed by atoms with Gasteiger partial charge in [-0.2, -0.15) is 18.3 Å². The Morgan fingerprint density at radius 3 is 2.54 bits per heavy atom. The zero-order chi connectivity index (χ0) is 17.7. The summed E-state index contributed by atoms with van der Waals surface area (Å²) in [5.74, 6) is -0.373. The van der Waals surface area contributed by atoms with Crippen molar-refractivity contribution in [3.05, 3.63) is 42.1 Å². The fourth-order valence-electron chi connectivity index (χ4n) is 2.20. The zero-order valence-corrected chi connectivity index (χ0v) is 13.3.